The molecule has 9 heteroatoms. The number of hydrogen-bond acceptors (Lipinski definition) is 4. The molecule has 1 aromatic heterocycles. The molecule has 7 nitrogen and oxygen atoms in total. The third kappa shape index (κ3) is 9.01. The van der Waals surface area contributed by atoms with E-state index in [9.17, 15) is 8.42 Å². The molecular formula is C23H29IN4O3S. The van der Waals surface area contributed by atoms with Gasteiger partial charge in [0.15, 0.2) is 5.96 Å². The van der Waals surface area contributed by atoms with E-state index in [0.29, 0.717) is 19.0 Å². The molecule has 0 unspecified atom stereocenters. The number of furan rings is 1. The van der Waals surface area contributed by atoms with Gasteiger partial charge in [0.1, 0.15) is 5.76 Å². The molecule has 0 aliphatic carbocycles. The Kier molecular flexibility index (Phi) is 10.7. The summed E-state index contributed by atoms with van der Waals surface area (Å²) in [4.78, 5) is 4.73. The topological polar surface area (TPSA) is 110 Å². The molecule has 0 bridgehead atoms. The van der Waals surface area contributed by atoms with Gasteiger partial charge in [0.2, 0.25) is 10.0 Å². The summed E-state index contributed by atoms with van der Waals surface area (Å²) in [5.74, 6) is 1.62. The number of benzene rings is 2. The maximum absolute atomic E-state index is 11.4. The van der Waals surface area contributed by atoms with Crippen LogP contribution in [0.15, 0.2) is 87.3 Å². The quantitative estimate of drug-likeness (QED) is 0.150. The van der Waals surface area contributed by atoms with Crippen molar-refractivity contribution < 1.29 is 12.8 Å². The van der Waals surface area contributed by atoms with Crippen molar-refractivity contribution in [3.8, 4) is 0 Å². The van der Waals surface area contributed by atoms with Crippen molar-refractivity contribution in [2.75, 3.05) is 13.1 Å². The lowest BCUT2D eigenvalue weighted by Crippen LogP contribution is -2.39. The fourth-order valence-electron chi connectivity index (χ4n) is 3.03. The van der Waals surface area contributed by atoms with Crippen molar-refractivity contribution in [2.24, 2.45) is 10.1 Å². The van der Waals surface area contributed by atoms with Crippen LogP contribution < -0.4 is 15.8 Å². The van der Waals surface area contributed by atoms with E-state index in [1.165, 1.54) is 17.7 Å². The van der Waals surface area contributed by atoms with Crippen LogP contribution in [0.5, 0.6) is 0 Å². The number of hydrogen-bond donors (Lipinski definition) is 3. The van der Waals surface area contributed by atoms with Gasteiger partial charge in [-0.3, -0.25) is 0 Å². The molecule has 0 fully saturated rings. The second-order valence-corrected chi connectivity index (χ2v) is 8.69. The molecule has 0 radical (unpaired) electrons. The first-order valence-electron chi connectivity index (χ1n) is 10.2. The summed E-state index contributed by atoms with van der Waals surface area (Å²) in [5, 5.41) is 11.8. The van der Waals surface area contributed by atoms with Crippen LogP contribution >= 0.6 is 24.0 Å². The molecule has 3 aromatic rings. The first-order chi connectivity index (χ1) is 15.0. The molecular weight excluding hydrogens is 539 g/mol. The van der Waals surface area contributed by atoms with Crippen LogP contribution in [-0.4, -0.2) is 27.5 Å². The number of nitrogens with zero attached hydrogens (tertiary/aromatic N) is 1. The van der Waals surface area contributed by atoms with E-state index >= 15 is 0 Å². The minimum atomic E-state index is -3.69. The van der Waals surface area contributed by atoms with Crippen LogP contribution in [0.3, 0.4) is 0 Å². The van der Waals surface area contributed by atoms with E-state index in [-0.39, 0.29) is 28.9 Å². The van der Waals surface area contributed by atoms with E-state index in [1.807, 2.05) is 30.3 Å². The number of rotatable bonds is 10. The Morgan fingerprint density at radius 1 is 0.875 bits per heavy atom. The summed E-state index contributed by atoms with van der Waals surface area (Å²) < 4.78 is 28.2. The van der Waals surface area contributed by atoms with Crippen LogP contribution in [0.4, 0.5) is 0 Å². The van der Waals surface area contributed by atoms with Gasteiger partial charge in [0, 0.05) is 19.5 Å². The van der Waals surface area contributed by atoms with E-state index in [1.54, 1.807) is 18.4 Å². The molecule has 0 saturated carbocycles. The van der Waals surface area contributed by atoms with Crippen LogP contribution in [0.2, 0.25) is 0 Å². The van der Waals surface area contributed by atoms with Gasteiger partial charge < -0.3 is 15.1 Å². The zero-order valence-electron chi connectivity index (χ0n) is 17.7. The number of sulfonamides is 1. The highest BCUT2D eigenvalue weighted by atomic mass is 127. The molecule has 2 aromatic carbocycles. The van der Waals surface area contributed by atoms with Crippen molar-refractivity contribution >= 4 is 40.0 Å². The predicted molar refractivity (Wildman–Crippen MR) is 138 cm³/mol. The number of aryl methyl sites for hydroxylation is 1. The third-order valence-electron chi connectivity index (χ3n) is 4.69. The third-order valence-corrected chi connectivity index (χ3v) is 5.62. The number of primary sulfonamides is 1. The van der Waals surface area contributed by atoms with Crippen LogP contribution in [0.1, 0.15) is 23.3 Å². The Morgan fingerprint density at radius 3 is 2.25 bits per heavy atom. The summed E-state index contributed by atoms with van der Waals surface area (Å²) in [6.45, 7) is 1.88. The van der Waals surface area contributed by atoms with Gasteiger partial charge in [-0.2, -0.15) is 0 Å². The Labute approximate surface area is 206 Å². The van der Waals surface area contributed by atoms with Crippen molar-refractivity contribution in [3.05, 3.63) is 89.9 Å². The molecule has 32 heavy (non-hydrogen) atoms. The lowest BCUT2D eigenvalue weighted by Gasteiger charge is -2.12. The van der Waals surface area contributed by atoms with Crippen LogP contribution in [0, 0.1) is 0 Å². The normalized spacial score (nSPS) is 11.6. The SMILES string of the molecule is I.NS(=O)(=O)c1ccc(CN=C(NCCCc2ccccc2)NCCc2ccco2)cc1. The lowest BCUT2D eigenvalue weighted by atomic mass is 10.1. The number of nitrogens with two attached hydrogens (primary N) is 1. The highest BCUT2D eigenvalue weighted by molar-refractivity contribution is 14.0. The van der Waals surface area contributed by atoms with Gasteiger partial charge >= 0.3 is 0 Å². The van der Waals surface area contributed by atoms with Gasteiger partial charge in [0.05, 0.1) is 17.7 Å². The summed E-state index contributed by atoms with van der Waals surface area (Å²) in [7, 11) is -3.69. The van der Waals surface area contributed by atoms with Crippen molar-refractivity contribution in [2.45, 2.75) is 30.7 Å². The monoisotopic (exact) mass is 568 g/mol. The molecule has 172 valence electrons. The predicted octanol–water partition coefficient (Wildman–Crippen LogP) is 3.46. The maximum atomic E-state index is 11.4. The molecule has 0 spiro atoms. The summed E-state index contributed by atoms with van der Waals surface area (Å²) in [6, 6.07) is 20.6. The second kappa shape index (κ2) is 13.2. The minimum absolute atomic E-state index is 0. The average Bonchev–Trinajstić information content (AvgIpc) is 3.28. The molecule has 0 saturated heterocycles. The smallest absolute Gasteiger partial charge is 0.238 e. The highest BCUT2D eigenvalue weighted by Crippen LogP contribution is 2.09. The van der Waals surface area contributed by atoms with Gasteiger partial charge in [0.25, 0.3) is 0 Å². The summed E-state index contributed by atoms with van der Waals surface area (Å²) in [5.41, 5.74) is 2.20. The molecule has 0 aliphatic heterocycles. The zero-order valence-corrected chi connectivity index (χ0v) is 20.9. The zero-order chi connectivity index (χ0) is 21.9. The highest BCUT2D eigenvalue weighted by Gasteiger charge is 2.07. The summed E-state index contributed by atoms with van der Waals surface area (Å²) >= 11 is 0. The van der Waals surface area contributed by atoms with Crippen LogP contribution in [-0.2, 0) is 29.4 Å². The van der Waals surface area contributed by atoms with Gasteiger partial charge in [-0.15, -0.1) is 24.0 Å². The van der Waals surface area contributed by atoms with Crippen LogP contribution in [0.25, 0.3) is 0 Å². The molecule has 0 aliphatic rings. The molecule has 0 atom stereocenters. The maximum Gasteiger partial charge on any atom is 0.238 e. The minimum Gasteiger partial charge on any atom is -0.469 e. The Balaban J connectivity index is 0.00000363. The number of aliphatic imine (C=N–C) groups is 1. The lowest BCUT2D eigenvalue weighted by molar-refractivity contribution is 0.506. The standard InChI is InChI=1S/C23H28N4O3S.HI/c24-31(28,29)22-12-10-20(11-13-22)18-27-23(26-16-14-21-9-5-17-30-21)25-15-4-8-19-6-2-1-3-7-19;/h1-3,5-7,9-13,17H,4,8,14-16,18H2,(H2,24,28,29)(H2,25,26,27);1H. The van der Waals surface area contributed by atoms with Gasteiger partial charge in [-0.1, -0.05) is 42.5 Å². The first kappa shape index (κ1) is 25.9. The fourth-order valence-corrected chi connectivity index (χ4v) is 3.55. The average molecular weight is 568 g/mol. The first-order valence-corrected chi connectivity index (χ1v) is 11.8. The molecule has 1 heterocycles. The van der Waals surface area contributed by atoms with Gasteiger partial charge in [-0.05, 0) is 48.2 Å². The van der Waals surface area contributed by atoms with Crippen molar-refractivity contribution in [1.82, 2.24) is 10.6 Å². The number of nitrogens with one attached hydrogen (secondary N) is 2. The van der Waals surface area contributed by atoms with Crippen molar-refractivity contribution in [1.29, 1.82) is 0 Å². The van der Waals surface area contributed by atoms with E-state index < -0.39 is 10.0 Å². The Hall–Kier alpha value is -2.37. The van der Waals surface area contributed by atoms with E-state index in [0.717, 1.165) is 37.1 Å². The fraction of sp³-hybridized carbons (Fsp3) is 0.261. The Bertz CT molecular complexity index is 1050. The summed E-state index contributed by atoms with van der Waals surface area (Å²) in [6.07, 6.45) is 4.38. The van der Waals surface area contributed by atoms with Crippen molar-refractivity contribution in [3.63, 3.8) is 0 Å². The van der Waals surface area contributed by atoms with Gasteiger partial charge in [-0.25, -0.2) is 18.5 Å². The second-order valence-electron chi connectivity index (χ2n) is 7.13. The largest absolute Gasteiger partial charge is 0.469 e. The molecule has 4 N–H and O–H groups in total. The Morgan fingerprint density at radius 2 is 1.59 bits per heavy atom. The molecule has 3 rings (SSSR count). The van der Waals surface area contributed by atoms with E-state index in [4.69, 9.17) is 9.56 Å². The van der Waals surface area contributed by atoms with E-state index in [2.05, 4.69) is 27.8 Å². The molecule has 0 amide bonds. The number of halogens is 1. The number of guanidine groups is 1.